The van der Waals surface area contributed by atoms with E-state index in [4.69, 9.17) is 5.73 Å². The Kier molecular flexibility index (Phi) is 8.07. The smallest absolute Gasteiger partial charge is 0.326 e. The lowest BCUT2D eigenvalue weighted by Gasteiger charge is -2.27. The van der Waals surface area contributed by atoms with E-state index in [0.717, 1.165) is 10.9 Å². The van der Waals surface area contributed by atoms with Crippen LogP contribution >= 0.6 is 0 Å². The minimum Gasteiger partial charge on any atom is -0.481 e. The van der Waals surface area contributed by atoms with Crippen LogP contribution in [0.5, 0.6) is 0 Å². The van der Waals surface area contributed by atoms with Crippen molar-refractivity contribution in [2.45, 2.75) is 56.8 Å². The highest BCUT2D eigenvalue weighted by Crippen LogP contribution is 2.20. The molecular formula is C23H29N5O7. The third-order valence-corrected chi connectivity index (χ3v) is 5.95. The number of likely N-dealkylation sites (tertiary alicyclic amines) is 1. The number of aliphatic carboxylic acids is 2. The van der Waals surface area contributed by atoms with E-state index < -0.39 is 60.2 Å². The molecule has 1 aromatic carbocycles. The summed E-state index contributed by atoms with van der Waals surface area (Å²) in [7, 11) is 0. The molecule has 0 radical (unpaired) electrons. The van der Waals surface area contributed by atoms with Crippen LogP contribution in [0.4, 0.5) is 0 Å². The maximum Gasteiger partial charge on any atom is 0.326 e. The molecule has 1 aliphatic heterocycles. The van der Waals surface area contributed by atoms with Crippen LogP contribution in [0.3, 0.4) is 0 Å². The average molecular weight is 488 g/mol. The molecule has 4 unspecified atom stereocenters. The van der Waals surface area contributed by atoms with Crippen LogP contribution in [0, 0.1) is 0 Å². The highest BCUT2D eigenvalue weighted by molar-refractivity contribution is 5.96. The van der Waals surface area contributed by atoms with Gasteiger partial charge in [0, 0.05) is 30.1 Å². The maximum atomic E-state index is 12.9. The summed E-state index contributed by atoms with van der Waals surface area (Å²) in [6, 6.07) is 2.66. The molecule has 188 valence electrons. The van der Waals surface area contributed by atoms with Gasteiger partial charge in [0.25, 0.3) is 0 Å². The molecule has 35 heavy (non-hydrogen) atoms. The fourth-order valence-electron chi connectivity index (χ4n) is 4.21. The Bertz CT molecular complexity index is 1130. The Balaban J connectivity index is 1.73. The second kappa shape index (κ2) is 11.0. The molecule has 3 amide bonds. The van der Waals surface area contributed by atoms with Gasteiger partial charge in [-0.15, -0.1) is 0 Å². The lowest BCUT2D eigenvalue weighted by molar-refractivity contribution is -0.144. The second-order valence-electron chi connectivity index (χ2n) is 8.60. The number of H-pyrrole nitrogens is 1. The Hall–Kier alpha value is -3.93. The summed E-state index contributed by atoms with van der Waals surface area (Å²) >= 11 is 0. The molecule has 12 heteroatoms. The third kappa shape index (κ3) is 6.15. The van der Waals surface area contributed by atoms with Crippen LogP contribution in [0.2, 0.25) is 0 Å². The topological polar surface area (TPSA) is 195 Å². The van der Waals surface area contributed by atoms with E-state index in [0.29, 0.717) is 24.9 Å². The van der Waals surface area contributed by atoms with Crippen molar-refractivity contribution in [3.63, 3.8) is 0 Å². The van der Waals surface area contributed by atoms with E-state index in [1.54, 1.807) is 12.3 Å². The summed E-state index contributed by atoms with van der Waals surface area (Å²) in [5.41, 5.74) is 7.10. The minimum atomic E-state index is -1.53. The number of hydrogen-bond donors (Lipinski definition) is 6. The lowest BCUT2D eigenvalue weighted by Crippen LogP contribution is -2.57. The number of hydrogen-bond acceptors (Lipinski definition) is 6. The molecule has 1 aliphatic rings. The van der Waals surface area contributed by atoms with Crippen molar-refractivity contribution < 1.29 is 34.2 Å². The van der Waals surface area contributed by atoms with Crippen LogP contribution in [-0.4, -0.2) is 80.5 Å². The molecule has 1 fully saturated rings. The van der Waals surface area contributed by atoms with Crippen LogP contribution in [-0.2, 0) is 30.4 Å². The van der Waals surface area contributed by atoms with E-state index in [2.05, 4.69) is 15.6 Å². The van der Waals surface area contributed by atoms with Crippen LogP contribution < -0.4 is 16.4 Å². The average Bonchev–Trinajstić information content (AvgIpc) is 3.44. The van der Waals surface area contributed by atoms with E-state index in [-0.39, 0.29) is 6.42 Å². The predicted molar refractivity (Wildman–Crippen MR) is 124 cm³/mol. The zero-order valence-electron chi connectivity index (χ0n) is 19.2. The van der Waals surface area contributed by atoms with Crippen LogP contribution in [0.1, 0.15) is 31.7 Å². The number of carbonyl (C=O) groups is 5. The summed E-state index contributed by atoms with van der Waals surface area (Å²) in [5.74, 6) is -4.73. The van der Waals surface area contributed by atoms with Crippen molar-refractivity contribution in [1.82, 2.24) is 20.5 Å². The van der Waals surface area contributed by atoms with E-state index in [1.165, 1.54) is 11.8 Å². The van der Waals surface area contributed by atoms with Crippen molar-refractivity contribution in [2.24, 2.45) is 5.73 Å². The van der Waals surface area contributed by atoms with Gasteiger partial charge in [-0.2, -0.15) is 0 Å². The SMILES string of the molecule is CC(N)C(=O)N1CCCC1C(=O)NC(CC(=O)O)C(=O)NC(Cc1c[nH]c2ccccc12)C(=O)O. The molecule has 0 saturated carbocycles. The number of para-hydroxylation sites is 1. The molecule has 0 bridgehead atoms. The molecule has 2 heterocycles. The molecule has 4 atom stereocenters. The highest BCUT2D eigenvalue weighted by atomic mass is 16.4. The fourth-order valence-corrected chi connectivity index (χ4v) is 4.21. The lowest BCUT2D eigenvalue weighted by atomic mass is 10.0. The molecule has 0 spiro atoms. The number of amides is 3. The van der Waals surface area contributed by atoms with Crippen LogP contribution in [0.25, 0.3) is 10.9 Å². The Morgan fingerprint density at radius 3 is 2.51 bits per heavy atom. The summed E-state index contributed by atoms with van der Waals surface area (Å²) in [4.78, 5) is 65.6. The van der Waals surface area contributed by atoms with E-state index >= 15 is 0 Å². The number of carbonyl (C=O) groups excluding carboxylic acids is 3. The van der Waals surface area contributed by atoms with Gasteiger partial charge in [0.2, 0.25) is 17.7 Å². The minimum absolute atomic E-state index is 0.0574. The Labute approximate surface area is 200 Å². The standard InChI is InChI=1S/C23H29N5O7/c1-12(24)22(33)28-8-4-7-18(28)21(32)26-16(10-19(29)30)20(31)27-17(23(34)35)9-13-11-25-15-6-3-2-5-14(13)15/h2-3,5-6,11-12,16-18,25H,4,7-10,24H2,1H3,(H,26,32)(H,27,31)(H,29,30)(H,34,35). The normalized spacial score (nSPS) is 18.0. The number of aromatic nitrogens is 1. The van der Waals surface area contributed by atoms with Gasteiger partial charge >= 0.3 is 11.9 Å². The molecule has 3 rings (SSSR count). The molecule has 7 N–H and O–H groups in total. The van der Waals surface area contributed by atoms with Gasteiger partial charge in [0.05, 0.1) is 12.5 Å². The number of nitrogens with one attached hydrogen (secondary N) is 3. The molecule has 0 aliphatic carbocycles. The first-order valence-corrected chi connectivity index (χ1v) is 11.2. The zero-order valence-corrected chi connectivity index (χ0v) is 19.2. The van der Waals surface area contributed by atoms with Gasteiger partial charge < -0.3 is 36.5 Å². The van der Waals surface area contributed by atoms with Gasteiger partial charge in [-0.1, -0.05) is 18.2 Å². The molecule has 1 saturated heterocycles. The largest absolute Gasteiger partial charge is 0.481 e. The molecule has 12 nitrogen and oxygen atoms in total. The predicted octanol–water partition coefficient (Wildman–Crippen LogP) is -0.422. The zero-order chi connectivity index (χ0) is 25.7. The van der Waals surface area contributed by atoms with E-state index in [9.17, 15) is 34.2 Å². The number of aromatic amines is 1. The van der Waals surface area contributed by atoms with Crippen molar-refractivity contribution in [3.8, 4) is 0 Å². The van der Waals surface area contributed by atoms with Gasteiger partial charge in [0.1, 0.15) is 18.1 Å². The number of rotatable bonds is 10. The highest BCUT2D eigenvalue weighted by Gasteiger charge is 2.37. The first-order valence-electron chi connectivity index (χ1n) is 11.2. The van der Waals surface area contributed by atoms with Crippen molar-refractivity contribution in [1.29, 1.82) is 0 Å². The van der Waals surface area contributed by atoms with Crippen molar-refractivity contribution >= 4 is 40.6 Å². The fraction of sp³-hybridized carbons (Fsp3) is 0.435. The first kappa shape index (κ1) is 25.7. The summed E-state index contributed by atoms with van der Waals surface area (Å²) in [6.07, 6.45) is 1.72. The summed E-state index contributed by atoms with van der Waals surface area (Å²) in [6.45, 7) is 1.82. The summed E-state index contributed by atoms with van der Waals surface area (Å²) in [5, 5.41) is 24.5. The number of benzene rings is 1. The molecule has 1 aromatic heterocycles. The van der Waals surface area contributed by atoms with Crippen molar-refractivity contribution in [3.05, 3.63) is 36.0 Å². The van der Waals surface area contributed by atoms with Crippen LogP contribution in [0.15, 0.2) is 30.5 Å². The number of nitrogens with two attached hydrogens (primary N) is 1. The number of nitrogens with zero attached hydrogens (tertiary/aromatic N) is 1. The Morgan fingerprint density at radius 2 is 1.86 bits per heavy atom. The third-order valence-electron chi connectivity index (χ3n) is 5.95. The second-order valence-corrected chi connectivity index (χ2v) is 8.60. The van der Waals surface area contributed by atoms with Gasteiger partial charge in [-0.3, -0.25) is 19.2 Å². The number of fused-ring (bicyclic) bond motifs is 1. The van der Waals surface area contributed by atoms with E-state index in [1.807, 2.05) is 18.2 Å². The Morgan fingerprint density at radius 1 is 1.14 bits per heavy atom. The van der Waals surface area contributed by atoms with Gasteiger partial charge in [0.15, 0.2) is 0 Å². The number of carboxylic acids is 2. The summed E-state index contributed by atoms with van der Waals surface area (Å²) < 4.78 is 0. The first-order chi connectivity index (χ1) is 16.6. The van der Waals surface area contributed by atoms with Gasteiger partial charge in [-0.05, 0) is 31.4 Å². The maximum absolute atomic E-state index is 12.9. The monoisotopic (exact) mass is 487 g/mol. The number of carboxylic acid groups (broad SMARTS) is 2. The quantitative estimate of drug-likeness (QED) is 0.260. The van der Waals surface area contributed by atoms with Crippen molar-refractivity contribution in [2.75, 3.05) is 6.54 Å². The van der Waals surface area contributed by atoms with Gasteiger partial charge in [-0.25, -0.2) is 4.79 Å². The molecular weight excluding hydrogens is 458 g/mol. The molecule has 2 aromatic rings.